The molecule has 0 spiro atoms. The lowest BCUT2D eigenvalue weighted by Gasteiger charge is -2.64. The first-order chi connectivity index (χ1) is 7.98. The van der Waals surface area contributed by atoms with Crippen molar-refractivity contribution in [1.82, 2.24) is 0 Å². The van der Waals surface area contributed by atoms with E-state index < -0.39 is 0 Å². The zero-order valence-corrected chi connectivity index (χ0v) is 10.6. The Kier molecular flexibility index (Phi) is 2.28. The molecule has 6 heteroatoms. The molecular formula is C11H18BN3O2. The molecule has 17 heavy (non-hydrogen) atoms. The van der Waals surface area contributed by atoms with Crippen LogP contribution in [0.25, 0.3) is 10.4 Å². The summed E-state index contributed by atoms with van der Waals surface area (Å²) in [7, 11) is -0.351. The maximum Gasteiger partial charge on any atom is 0.463 e. The SMILES string of the molecule is CC1(C)C2CC3OB(CN=[N+]=[N-])O[C@]3(C)C1C2. The largest absolute Gasteiger partial charge is 0.463 e. The van der Waals surface area contributed by atoms with Crippen LogP contribution in [0, 0.1) is 17.3 Å². The molecule has 1 aliphatic heterocycles. The van der Waals surface area contributed by atoms with Crippen molar-refractivity contribution in [1.29, 1.82) is 0 Å². The molecule has 1 heterocycles. The van der Waals surface area contributed by atoms with Crippen molar-refractivity contribution in [2.45, 2.75) is 45.3 Å². The zero-order chi connectivity index (χ0) is 12.3. The highest BCUT2D eigenvalue weighted by Crippen LogP contribution is 2.65. The van der Waals surface area contributed by atoms with E-state index in [0.717, 1.165) is 12.3 Å². The lowest BCUT2D eigenvalue weighted by Crippen LogP contribution is -2.65. The minimum absolute atomic E-state index is 0.179. The summed E-state index contributed by atoms with van der Waals surface area (Å²) in [5.74, 6) is 1.32. The molecule has 5 nitrogen and oxygen atoms in total. The summed E-state index contributed by atoms with van der Waals surface area (Å²) in [6.07, 6.45) is 2.78. The fourth-order valence-corrected chi connectivity index (χ4v) is 4.13. The molecule has 4 rings (SSSR count). The van der Waals surface area contributed by atoms with Gasteiger partial charge < -0.3 is 9.31 Å². The van der Waals surface area contributed by atoms with Crippen LogP contribution >= 0.6 is 0 Å². The smallest absolute Gasteiger partial charge is 0.405 e. The lowest BCUT2D eigenvalue weighted by molar-refractivity contribution is -0.199. The second-order valence-corrected chi connectivity index (χ2v) is 6.31. The Morgan fingerprint density at radius 2 is 2.18 bits per heavy atom. The van der Waals surface area contributed by atoms with Crippen LogP contribution in [0.15, 0.2) is 5.11 Å². The Balaban J connectivity index is 1.80. The first-order valence-electron chi connectivity index (χ1n) is 6.32. The third-order valence-corrected chi connectivity index (χ3v) is 5.30. The molecule has 0 amide bonds. The van der Waals surface area contributed by atoms with E-state index in [1.54, 1.807) is 0 Å². The van der Waals surface area contributed by atoms with Gasteiger partial charge in [0.25, 0.3) is 0 Å². The Labute approximate surface area is 102 Å². The fourth-order valence-electron chi connectivity index (χ4n) is 4.13. The van der Waals surface area contributed by atoms with E-state index in [0.29, 0.717) is 11.3 Å². The van der Waals surface area contributed by atoms with E-state index in [1.165, 1.54) is 6.42 Å². The fraction of sp³-hybridized carbons (Fsp3) is 1.00. The van der Waals surface area contributed by atoms with Gasteiger partial charge in [0.15, 0.2) is 0 Å². The van der Waals surface area contributed by atoms with E-state index in [-0.39, 0.29) is 25.3 Å². The van der Waals surface area contributed by atoms with E-state index in [2.05, 4.69) is 30.8 Å². The molecule has 2 bridgehead atoms. The Bertz CT molecular complexity index is 396. The summed E-state index contributed by atoms with van der Waals surface area (Å²) in [5.41, 5.74) is 8.52. The highest BCUT2D eigenvalue weighted by Gasteiger charge is 2.67. The molecular weight excluding hydrogens is 217 g/mol. The van der Waals surface area contributed by atoms with Crippen molar-refractivity contribution in [3.63, 3.8) is 0 Å². The van der Waals surface area contributed by atoms with Crippen molar-refractivity contribution in [3.8, 4) is 0 Å². The second-order valence-electron chi connectivity index (χ2n) is 6.31. The molecule has 0 aromatic heterocycles. The molecule has 3 aliphatic carbocycles. The number of azide groups is 1. The molecule has 1 saturated heterocycles. The van der Waals surface area contributed by atoms with Gasteiger partial charge in [0.05, 0.1) is 18.1 Å². The molecule has 4 atom stereocenters. The zero-order valence-electron chi connectivity index (χ0n) is 10.6. The quantitative estimate of drug-likeness (QED) is 0.319. The molecule has 0 aromatic rings. The molecule has 4 fully saturated rings. The number of hydrogen-bond donors (Lipinski definition) is 0. The number of nitrogens with zero attached hydrogens (tertiary/aromatic N) is 3. The predicted molar refractivity (Wildman–Crippen MR) is 64.1 cm³/mol. The highest BCUT2D eigenvalue weighted by molar-refractivity contribution is 6.45. The van der Waals surface area contributed by atoms with Gasteiger partial charge >= 0.3 is 7.12 Å². The van der Waals surface area contributed by atoms with Gasteiger partial charge in [0.1, 0.15) is 0 Å². The lowest BCUT2D eigenvalue weighted by atomic mass is 9.43. The van der Waals surface area contributed by atoms with E-state index in [4.69, 9.17) is 14.8 Å². The van der Waals surface area contributed by atoms with Crippen LogP contribution in [0.2, 0.25) is 0 Å². The van der Waals surface area contributed by atoms with Crippen LogP contribution in [0.4, 0.5) is 0 Å². The molecule has 0 N–H and O–H groups in total. The normalized spacial score (nSPS) is 45.8. The van der Waals surface area contributed by atoms with Gasteiger partial charge in [0.2, 0.25) is 0 Å². The number of rotatable bonds is 2. The Morgan fingerprint density at radius 3 is 2.82 bits per heavy atom. The van der Waals surface area contributed by atoms with E-state index in [1.807, 2.05) is 0 Å². The van der Waals surface area contributed by atoms with Crippen molar-refractivity contribution in [3.05, 3.63) is 10.4 Å². The third kappa shape index (κ3) is 1.38. The van der Waals surface area contributed by atoms with Gasteiger partial charge in [-0.05, 0) is 42.5 Å². The summed E-state index contributed by atoms with van der Waals surface area (Å²) < 4.78 is 11.9. The van der Waals surface area contributed by atoms with E-state index >= 15 is 0 Å². The predicted octanol–water partition coefficient (Wildman–Crippen LogP) is 2.56. The van der Waals surface area contributed by atoms with Gasteiger partial charge in [0, 0.05) is 4.91 Å². The molecule has 3 saturated carbocycles. The van der Waals surface area contributed by atoms with Crippen LogP contribution in [0.5, 0.6) is 0 Å². The van der Waals surface area contributed by atoms with E-state index in [9.17, 15) is 0 Å². The van der Waals surface area contributed by atoms with Crippen molar-refractivity contribution < 1.29 is 9.31 Å². The maximum absolute atomic E-state index is 8.34. The third-order valence-electron chi connectivity index (χ3n) is 5.30. The van der Waals surface area contributed by atoms with Gasteiger partial charge in [-0.15, -0.1) is 0 Å². The topological polar surface area (TPSA) is 67.2 Å². The highest BCUT2D eigenvalue weighted by atomic mass is 16.7. The van der Waals surface area contributed by atoms with Crippen LogP contribution in [-0.4, -0.2) is 25.3 Å². The number of hydrogen-bond acceptors (Lipinski definition) is 3. The Morgan fingerprint density at radius 1 is 1.41 bits per heavy atom. The minimum Gasteiger partial charge on any atom is -0.405 e. The second kappa shape index (κ2) is 3.41. The van der Waals surface area contributed by atoms with Crippen molar-refractivity contribution in [2.24, 2.45) is 22.4 Å². The average Bonchev–Trinajstić information content (AvgIpc) is 2.61. The molecule has 4 aliphatic rings. The molecule has 0 radical (unpaired) electrons. The van der Waals surface area contributed by atoms with Gasteiger partial charge in [-0.1, -0.05) is 19.0 Å². The summed E-state index contributed by atoms with van der Waals surface area (Å²) in [4.78, 5) is 2.76. The van der Waals surface area contributed by atoms with Crippen LogP contribution in [-0.2, 0) is 9.31 Å². The summed E-state index contributed by atoms with van der Waals surface area (Å²) in [5, 5.41) is 3.55. The minimum atomic E-state index is -0.351. The summed E-state index contributed by atoms with van der Waals surface area (Å²) in [6, 6.07) is 0. The summed E-state index contributed by atoms with van der Waals surface area (Å²) >= 11 is 0. The van der Waals surface area contributed by atoms with Crippen molar-refractivity contribution >= 4 is 7.12 Å². The van der Waals surface area contributed by atoms with Gasteiger partial charge in [-0.25, -0.2) is 0 Å². The molecule has 3 unspecified atom stereocenters. The van der Waals surface area contributed by atoms with Crippen LogP contribution < -0.4 is 0 Å². The standard InChI is InChI=1S/C11H18BN3O2/c1-10(2)7-4-8(10)11(3)9(5-7)16-12(17-11)6-14-15-13/h7-9H,4-6H2,1-3H3/t7?,8?,9?,11-/m1/s1. The summed E-state index contributed by atoms with van der Waals surface area (Å²) in [6.45, 7) is 6.82. The molecule has 0 aromatic carbocycles. The Hall–Kier alpha value is -0.705. The maximum atomic E-state index is 8.34. The first-order valence-corrected chi connectivity index (χ1v) is 6.32. The average molecular weight is 235 g/mol. The van der Waals surface area contributed by atoms with Gasteiger partial charge in [-0.3, -0.25) is 0 Å². The van der Waals surface area contributed by atoms with Crippen LogP contribution in [0.3, 0.4) is 0 Å². The van der Waals surface area contributed by atoms with Crippen LogP contribution in [0.1, 0.15) is 33.6 Å². The molecule has 92 valence electrons. The van der Waals surface area contributed by atoms with Gasteiger partial charge in [-0.2, -0.15) is 0 Å². The first kappa shape index (κ1) is 11.4. The monoisotopic (exact) mass is 235 g/mol. The van der Waals surface area contributed by atoms with Crippen molar-refractivity contribution in [2.75, 3.05) is 6.44 Å².